The summed E-state index contributed by atoms with van der Waals surface area (Å²) in [7, 11) is 0. The number of carboxylic acid groups (broad SMARTS) is 1. The highest BCUT2D eigenvalue weighted by molar-refractivity contribution is 5.79. The van der Waals surface area contributed by atoms with Gasteiger partial charge < -0.3 is 9.84 Å². The lowest BCUT2D eigenvalue weighted by Gasteiger charge is -2.09. The van der Waals surface area contributed by atoms with E-state index in [1.54, 1.807) is 12.1 Å². The molecule has 0 aliphatic heterocycles. The Labute approximate surface area is 95.7 Å². The normalized spacial score (nSPS) is 11.3. The maximum absolute atomic E-state index is 10.2. The zero-order chi connectivity index (χ0) is 12.4. The van der Waals surface area contributed by atoms with Crippen LogP contribution in [0.2, 0.25) is 0 Å². The topological polar surface area (TPSA) is 46.5 Å². The highest BCUT2D eigenvalue weighted by atomic mass is 16.5. The first-order chi connectivity index (χ1) is 7.68. The van der Waals surface area contributed by atoms with Crippen LogP contribution in [0, 0.1) is 6.92 Å². The molecular formula is C13H15O3. The predicted octanol–water partition coefficient (Wildman–Crippen LogP) is 2.71. The fraction of sp³-hybridized carbons (Fsp3) is 0.0769. The van der Waals surface area contributed by atoms with E-state index in [1.165, 1.54) is 6.08 Å². The van der Waals surface area contributed by atoms with Crippen molar-refractivity contribution < 1.29 is 14.6 Å². The molecule has 0 heterocycles. The summed E-state index contributed by atoms with van der Waals surface area (Å²) < 4.78 is 5.30. The molecule has 1 aromatic carbocycles. The van der Waals surface area contributed by atoms with E-state index < -0.39 is 12.1 Å². The van der Waals surface area contributed by atoms with Gasteiger partial charge in [0.1, 0.15) is 11.9 Å². The molecule has 16 heavy (non-hydrogen) atoms. The molecule has 0 spiro atoms. The summed E-state index contributed by atoms with van der Waals surface area (Å²) in [6.45, 7) is 9.63. The smallest absolute Gasteiger partial charge is 0.328 e. The van der Waals surface area contributed by atoms with E-state index in [1.807, 2.05) is 18.2 Å². The van der Waals surface area contributed by atoms with Crippen molar-refractivity contribution in [1.29, 1.82) is 0 Å². The highest BCUT2D eigenvalue weighted by Gasteiger charge is 1.99. The number of benzene rings is 1. The van der Waals surface area contributed by atoms with Crippen LogP contribution in [0.25, 0.3) is 0 Å². The minimum absolute atomic E-state index is 0.492. The van der Waals surface area contributed by atoms with Crippen molar-refractivity contribution in [3.63, 3.8) is 0 Å². The summed E-state index contributed by atoms with van der Waals surface area (Å²) in [6.07, 6.45) is 1.91. The van der Waals surface area contributed by atoms with Crippen LogP contribution in [-0.4, -0.2) is 17.2 Å². The first kappa shape index (κ1) is 14.0. The summed E-state index contributed by atoms with van der Waals surface area (Å²) >= 11 is 0. The van der Waals surface area contributed by atoms with Crippen molar-refractivity contribution >= 4 is 5.97 Å². The molecule has 1 N–H and O–H groups in total. The lowest BCUT2D eigenvalue weighted by atomic mass is 10.3. The van der Waals surface area contributed by atoms with Crippen molar-refractivity contribution in [1.82, 2.24) is 0 Å². The van der Waals surface area contributed by atoms with Gasteiger partial charge in [-0.3, -0.25) is 0 Å². The Bertz CT molecular complexity index is 330. The Kier molecular flexibility index (Phi) is 7.24. The fourth-order valence-electron chi connectivity index (χ4n) is 0.903. The van der Waals surface area contributed by atoms with Gasteiger partial charge in [-0.25, -0.2) is 4.79 Å². The van der Waals surface area contributed by atoms with E-state index in [0.717, 1.165) is 6.08 Å². The van der Waals surface area contributed by atoms with Crippen LogP contribution < -0.4 is 4.74 Å². The quantitative estimate of drug-likeness (QED) is 0.625. The van der Waals surface area contributed by atoms with E-state index in [2.05, 4.69) is 20.1 Å². The maximum atomic E-state index is 10.2. The molecule has 1 unspecified atom stereocenters. The Morgan fingerprint density at radius 2 is 1.88 bits per heavy atom. The zero-order valence-electron chi connectivity index (χ0n) is 9.00. The number of hydrogen-bond donors (Lipinski definition) is 1. The number of ether oxygens (including phenoxy) is 1. The van der Waals surface area contributed by atoms with E-state index in [4.69, 9.17) is 9.84 Å². The van der Waals surface area contributed by atoms with Crippen molar-refractivity contribution in [3.05, 3.63) is 62.6 Å². The second-order valence-corrected chi connectivity index (χ2v) is 2.67. The third-order valence-corrected chi connectivity index (χ3v) is 1.48. The molecule has 0 aliphatic carbocycles. The average molecular weight is 219 g/mol. The second-order valence-electron chi connectivity index (χ2n) is 2.67. The largest absolute Gasteiger partial charge is 0.486 e. The average Bonchev–Trinajstić information content (AvgIpc) is 2.30. The van der Waals surface area contributed by atoms with Crippen molar-refractivity contribution in [2.24, 2.45) is 0 Å². The summed E-state index contributed by atoms with van der Waals surface area (Å²) in [6, 6.07) is 9.11. The van der Waals surface area contributed by atoms with Crippen LogP contribution in [0.5, 0.6) is 5.75 Å². The van der Waals surface area contributed by atoms with Gasteiger partial charge in [0, 0.05) is 6.08 Å². The molecule has 1 atom stereocenters. The van der Waals surface area contributed by atoms with Gasteiger partial charge in [0.15, 0.2) is 0 Å². The van der Waals surface area contributed by atoms with Crippen LogP contribution in [-0.2, 0) is 4.79 Å². The van der Waals surface area contributed by atoms with Gasteiger partial charge in [0.25, 0.3) is 0 Å². The third kappa shape index (κ3) is 6.43. The van der Waals surface area contributed by atoms with Gasteiger partial charge in [0.05, 0.1) is 0 Å². The van der Waals surface area contributed by atoms with Crippen molar-refractivity contribution in [2.45, 2.75) is 6.10 Å². The molecule has 85 valence electrons. The first-order valence-corrected chi connectivity index (χ1v) is 4.64. The van der Waals surface area contributed by atoms with Gasteiger partial charge in [-0.1, -0.05) is 18.2 Å². The monoisotopic (exact) mass is 219 g/mol. The van der Waals surface area contributed by atoms with Crippen LogP contribution in [0.3, 0.4) is 0 Å². The van der Waals surface area contributed by atoms with E-state index in [0.29, 0.717) is 5.75 Å². The molecular weight excluding hydrogens is 204 g/mol. The molecule has 0 saturated heterocycles. The van der Waals surface area contributed by atoms with Crippen LogP contribution >= 0.6 is 0 Å². The molecule has 1 rings (SSSR count). The molecule has 0 aliphatic rings. The summed E-state index contributed by atoms with van der Waals surface area (Å²) in [5.74, 6) is -0.335. The van der Waals surface area contributed by atoms with E-state index in [9.17, 15) is 4.79 Å². The van der Waals surface area contributed by atoms with E-state index >= 15 is 0 Å². The van der Waals surface area contributed by atoms with Crippen molar-refractivity contribution in [3.8, 4) is 5.75 Å². The standard InChI is InChI=1S/C11H11O3.C2H4/c1-9(7-8-11(12)13)14-10-5-3-2-4-6-10;1-2/h2-9H,1H2,(H,12,13);1-2H2. The molecule has 3 heteroatoms. The SMILES string of the molecule is C=C.[CH2]C(C=CC(=O)O)Oc1ccccc1. The van der Waals surface area contributed by atoms with Gasteiger partial charge in [-0.05, 0) is 25.1 Å². The highest BCUT2D eigenvalue weighted by Crippen LogP contribution is 2.10. The van der Waals surface area contributed by atoms with Crippen LogP contribution in [0.4, 0.5) is 0 Å². The summed E-state index contributed by atoms with van der Waals surface area (Å²) in [5.41, 5.74) is 0. The molecule has 1 radical (unpaired) electrons. The van der Waals surface area contributed by atoms with Crippen LogP contribution in [0.15, 0.2) is 55.6 Å². The minimum atomic E-state index is -1.00. The van der Waals surface area contributed by atoms with Gasteiger partial charge in [0.2, 0.25) is 0 Å². The fourth-order valence-corrected chi connectivity index (χ4v) is 0.903. The van der Waals surface area contributed by atoms with Gasteiger partial charge >= 0.3 is 5.97 Å². The van der Waals surface area contributed by atoms with Gasteiger partial charge in [-0.2, -0.15) is 0 Å². The zero-order valence-corrected chi connectivity index (χ0v) is 9.00. The predicted molar refractivity (Wildman–Crippen MR) is 64.2 cm³/mol. The lowest BCUT2D eigenvalue weighted by Crippen LogP contribution is -2.09. The minimum Gasteiger partial charge on any atom is -0.486 e. The molecule has 1 aromatic rings. The summed E-state index contributed by atoms with van der Waals surface area (Å²) in [5, 5.41) is 8.36. The third-order valence-electron chi connectivity index (χ3n) is 1.48. The molecule has 3 nitrogen and oxygen atoms in total. The molecule has 0 fully saturated rings. The number of carboxylic acids is 1. The van der Waals surface area contributed by atoms with E-state index in [-0.39, 0.29) is 0 Å². The number of aliphatic carboxylic acids is 1. The molecule has 0 saturated carbocycles. The maximum Gasteiger partial charge on any atom is 0.328 e. The van der Waals surface area contributed by atoms with Crippen LogP contribution in [0.1, 0.15) is 0 Å². The number of para-hydroxylation sites is 1. The number of rotatable bonds is 4. The molecule has 0 bridgehead atoms. The Morgan fingerprint density at radius 3 is 2.38 bits per heavy atom. The lowest BCUT2D eigenvalue weighted by molar-refractivity contribution is -0.131. The number of hydrogen-bond acceptors (Lipinski definition) is 2. The molecule has 0 amide bonds. The van der Waals surface area contributed by atoms with Crippen molar-refractivity contribution in [2.75, 3.05) is 0 Å². The Balaban J connectivity index is 0.00000106. The Morgan fingerprint density at radius 1 is 1.31 bits per heavy atom. The van der Waals surface area contributed by atoms with Gasteiger partial charge in [-0.15, -0.1) is 13.2 Å². The number of carbonyl (C=O) groups is 1. The first-order valence-electron chi connectivity index (χ1n) is 4.64. The summed E-state index contributed by atoms with van der Waals surface area (Å²) in [4.78, 5) is 10.2. The molecule has 0 aromatic heterocycles. The Hall–Kier alpha value is -2.03. The second kappa shape index (κ2) is 8.29.